The third-order valence-electron chi connectivity index (χ3n) is 5.90. The van der Waals surface area contributed by atoms with Gasteiger partial charge in [-0.1, -0.05) is 37.3 Å². The van der Waals surface area contributed by atoms with Crippen molar-refractivity contribution in [1.29, 1.82) is 0 Å². The first kappa shape index (κ1) is 28.1. The van der Waals surface area contributed by atoms with Gasteiger partial charge >= 0.3 is 19.7 Å². The number of phosphoric ester groups is 1. The number of hydrogen-bond acceptors (Lipinski definition) is 11. The molecule has 0 amide bonds. The van der Waals surface area contributed by atoms with Gasteiger partial charge in [0.05, 0.1) is 26.4 Å². The van der Waals surface area contributed by atoms with E-state index in [9.17, 15) is 23.3 Å². The van der Waals surface area contributed by atoms with E-state index in [-0.39, 0.29) is 32.2 Å². The smallest absolute Gasteiger partial charge is 0.426 e. The molecule has 1 aromatic carbocycles. The van der Waals surface area contributed by atoms with Crippen LogP contribution in [-0.4, -0.2) is 60.7 Å². The van der Waals surface area contributed by atoms with Gasteiger partial charge < -0.3 is 18.9 Å². The number of carbonyl (C=O) groups excluding carboxylic acids is 1. The van der Waals surface area contributed by atoms with Crippen molar-refractivity contribution < 1.29 is 46.3 Å². The van der Waals surface area contributed by atoms with Crippen LogP contribution >= 0.6 is 7.82 Å². The molecule has 0 spiro atoms. The van der Waals surface area contributed by atoms with Gasteiger partial charge in [-0.25, -0.2) is 23.1 Å². The van der Waals surface area contributed by atoms with E-state index in [1.165, 1.54) is 6.20 Å². The normalized spacial score (nSPS) is 24.9. The van der Waals surface area contributed by atoms with E-state index in [4.69, 9.17) is 32.5 Å². The quantitative estimate of drug-likeness (QED) is 0.232. The van der Waals surface area contributed by atoms with Crippen molar-refractivity contribution in [2.45, 2.75) is 37.9 Å². The van der Waals surface area contributed by atoms with Crippen molar-refractivity contribution in [3.8, 4) is 0 Å². The van der Waals surface area contributed by atoms with E-state index in [0.717, 1.165) is 10.6 Å². The number of nitrogens with one attached hydrogen (secondary N) is 1. The van der Waals surface area contributed by atoms with E-state index >= 15 is 0 Å². The second-order valence-corrected chi connectivity index (χ2v) is 10.6. The molecule has 2 fully saturated rings. The summed E-state index contributed by atoms with van der Waals surface area (Å²) in [6.07, 6.45) is -1.08. The lowest BCUT2D eigenvalue weighted by molar-refractivity contribution is -0.124. The molecule has 208 valence electrons. The molecule has 1 N–H and O–H groups in total. The predicted octanol–water partition coefficient (Wildman–Crippen LogP) is 2.67. The predicted molar refractivity (Wildman–Crippen MR) is 127 cm³/mol. The van der Waals surface area contributed by atoms with Gasteiger partial charge in [0.1, 0.15) is 18.5 Å². The van der Waals surface area contributed by atoms with Crippen molar-refractivity contribution >= 4 is 14.0 Å². The van der Waals surface area contributed by atoms with Crippen molar-refractivity contribution in [3.05, 3.63) is 69.0 Å². The van der Waals surface area contributed by atoms with Crippen LogP contribution in [0.2, 0.25) is 0 Å². The highest BCUT2D eigenvalue weighted by Gasteiger charge is 2.48. The Hall–Kier alpha value is -2.87. The number of aromatic nitrogens is 2. The Morgan fingerprint density at radius 3 is 2.61 bits per heavy atom. The second-order valence-electron chi connectivity index (χ2n) is 8.92. The highest BCUT2D eigenvalue weighted by molar-refractivity contribution is 7.48. The van der Waals surface area contributed by atoms with E-state index in [1.807, 2.05) is 0 Å². The maximum Gasteiger partial charge on any atom is 0.510 e. The summed E-state index contributed by atoms with van der Waals surface area (Å²) in [6.45, 7) is -0.407. The molecule has 38 heavy (non-hydrogen) atoms. The van der Waals surface area contributed by atoms with Crippen LogP contribution in [0.25, 0.3) is 0 Å². The fourth-order valence-electron chi connectivity index (χ4n) is 3.91. The van der Waals surface area contributed by atoms with Crippen molar-refractivity contribution in [2.75, 3.05) is 33.3 Å². The van der Waals surface area contributed by atoms with Gasteiger partial charge in [0.2, 0.25) is 6.79 Å². The molecule has 2 aliphatic rings. The minimum absolute atomic E-state index is 0.0880. The molecule has 4 rings (SSSR count). The average molecular weight is 558 g/mol. The maximum atomic E-state index is 14.3. The molecule has 0 radical (unpaired) electrons. The fourth-order valence-corrected chi connectivity index (χ4v) is 5.02. The number of hydrogen-bond donors (Lipinski definition) is 1. The Balaban J connectivity index is 1.42. The number of halogens is 1. The number of benzene rings is 1. The summed E-state index contributed by atoms with van der Waals surface area (Å²) in [5, 5.41) is 0. The van der Waals surface area contributed by atoms with Crippen LogP contribution in [-0.2, 0) is 43.7 Å². The summed E-state index contributed by atoms with van der Waals surface area (Å²) in [6, 6.07) is 9.87. The molecule has 4 unspecified atom stereocenters. The molecule has 2 aromatic rings. The zero-order valence-corrected chi connectivity index (χ0v) is 21.4. The lowest BCUT2D eigenvalue weighted by atomic mass is 9.96. The van der Waals surface area contributed by atoms with Crippen LogP contribution in [0.4, 0.5) is 9.18 Å². The fraction of sp³-hybridized carbons (Fsp3) is 0.522. The second kappa shape index (κ2) is 12.3. The van der Waals surface area contributed by atoms with E-state index < -0.39 is 63.2 Å². The van der Waals surface area contributed by atoms with Crippen LogP contribution < -0.4 is 11.2 Å². The molecule has 13 nitrogen and oxygen atoms in total. The standard InChI is InChI=1S/C23H28FN2O11P/c1-16-9-23(13-24,37-20(16)26-8-7-19(27)25-21(26)28)14-34-38(30,33-10-17-5-3-2-4-6-17)35-15-32-22(29)36-18-11-31-12-18/h2-8,16,18,20H,9-15H2,1H3,(H,25,27,28). The molecule has 0 saturated carbocycles. The van der Waals surface area contributed by atoms with Gasteiger partial charge in [-0.15, -0.1) is 0 Å². The Morgan fingerprint density at radius 2 is 1.95 bits per heavy atom. The topological polar surface area (TPSA) is 154 Å². The zero-order valence-electron chi connectivity index (χ0n) is 20.5. The Morgan fingerprint density at radius 1 is 1.18 bits per heavy atom. The van der Waals surface area contributed by atoms with Gasteiger partial charge in [0.25, 0.3) is 5.56 Å². The third-order valence-corrected chi connectivity index (χ3v) is 7.21. The highest BCUT2D eigenvalue weighted by Crippen LogP contribution is 2.52. The number of rotatable bonds is 12. The summed E-state index contributed by atoms with van der Waals surface area (Å²) in [5.74, 6) is -0.378. The summed E-state index contributed by atoms with van der Waals surface area (Å²) < 4.78 is 65.4. The van der Waals surface area contributed by atoms with Crippen molar-refractivity contribution in [2.24, 2.45) is 5.92 Å². The molecular weight excluding hydrogens is 530 g/mol. The average Bonchev–Trinajstić information content (AvgIpc) is 3.21. The Kier molecular flexibility index (Phi) is 9.13. The molecule has 0 aliphatic carbocycles. The number of H-pyrrole nitrogens is 1. The molecule has 0 bridgehead atoms. The number of phosphoric acid groups is 1. The monoisotopic (exact) mass is 558 g/mol. The van der Waals surface area contributed by atoms with Crippen LogP contribution in [0.15, 0.2) is 52.2 Å². The van der Waals surface area contributed by atoms with Gasteiger partial charge in [-0.2, -0.15) is 0 Å². The van der Waals surface area contributed by atoms with E-state index in [1.54, 1.807) is 37.3 Å². The zero-order chi connectivity index (χ0) is 27.2. The van der Waals surface area contributed by atoms with E-state index in [2.05, 4.69) is 4.98 Å². The molecule has 2 saturated heterocycles. The molecule has 3 heterocycles. The van der Waals surface area contributed by atoms with Crippen LogP contribution in [0, 0.1) is 5.92 Å². The number of nitrogens with zero attached hydrogens (tertiary/aromatic N) is 1. The summed E-state index contributed by atoms with van der Waals surface area (Å²) >= 11 is 0. The molecular formula is C23H28FN2O11P. The molecule has 15 heteroatoms. The van der Waals surface area contributed by atoms with Crippen LogP contribution in [0.1, 0.15) is 25.1 Å². The van der Waals surface area contributed by atoms with Gasteiger partial charge in [-0.05, 0) is 12.0 Å². The number of aromatic amines is 1. The third kappa shape index (κ3) is 7.16. The first-order chi connectivity index (χ1) is 18.2. The largest absolute Gasteiger partial charge is 0.510 e. The van der Waals surface area contributed by atoms with Gasteiger partial charge in [-0.3, -0.25) is 23.4 Å². The number of ether oxygens (including phenoxy) is 4. The lowest BCUT2D eigenvalue weighted by Gasteiger charge is -2.28. The number of alkyl halides is 1. The van der Waals surface area contributed by atoms with E-state index in [0.29, 0.717) is 5.56 Å². The Bertz CT molecular complexity index is 1250. The van der Waals surface area contributed by atoms with Gasteiger partial charge in [0.15, 0.2) is 6.10 Å². The summed E-state index contributed by atoms with van der Waals surface area (Å²) in [7, 11) is -4.42. The highest BCUT2D eigenvalue weighted by atomic mass is 31.2. The van der Waals surface area contributed by atoms with Crippen LogP contribution in [0.5, 0.6) is 0 Å². The maximum absolute atomic E-state index is 14.3. The van der Waals surface area contributed by atoms with Gasteiger partial charge in [0, 0.05) is 18.2 Å². The lowest BCUT2D eigenvalue weighted by Crippen LogP contribution is -2.38. The SMILES string of the molecule is CC1CC(CF)(COP(=O)(OCOC(=O)OC2COC2)OCc2ccccc2)OC1n1ccc(=O)[nH]c1=O. The Labute approximate surface area is 216 Å². The number of carbonyl (C=O) groups is 1. The van der Waals surface area contributed by atoms with Crippen molar-refractivity contribution in [1.82, 2.24) is 9.55 Å². The van der Waals surface area contributed by atoms with Crippen LogP contribution in [0.3, 0.4) is 0 Å². The molecule has 2 aliphatic heterocycles. The molecule has 1 aromatic heterocycles. The minimum atomic E-state index is -4.42. The first-order valence-electron chi connectivity index (χ1n) is 11.7. The first-order valence-corrected chi connectivity index (χ1v) is 13.2. The summed E-state index contributed by atoms with van der Waals surface area (Å²) in [4.78, 5) is 37.5. The minimum Gasteiger partial charge on any atom is -0.426 e. The van der Waals surface area contributed by atoms with Crippen molar-refractivity contribution in [3.63, 3.8) is 0 Å². The summed E-state index contributed by atoms with van der Waals surface area (Å²) in [5.41, 5.74) is -2.26. The molecule has 4 atom stereocenters.